The van der Waals surface area contributed by atoms with E-state index in [4.69, 9.17) is 10.5 Å². The number of carbonyl (C=O) groups is 1. The van der Waals surface area contributed by atoms with Crippen LogP contribution in [0.4, 0.5) is 0 Å². The van der Waals surface area contributed by atoms with Gasteiger partial charge in [0.2, 0.25) is 5.91 Å². The molecule has 0 fully saturated rings. The molecular formula is C18H28N2O2. The molecule has 0 bridgehead atoms. The standard InChI is InChI=1S/C18H28N2O2/c1-12(2)9-17(19)18(21)20-15-6-4-5-13-7-8-16(22-3)11-14(13)10-15/h7-8,11-12,15,17H,4-6,9-10,19H2,1-3H3,(H,20,21)/t15-,17+/m0/s1. The van der Waals surface area contributed by atoms with Crippen LogP contribution in [0, 0.1) is 5.92 Å². The highest BCUT2D eigenvalue weighted by molar-refractivity contribution is 5.81. The Balaban J connectivity index is 2.02. The summed E-state index contributed by atoms with van der Waals surface area (Å²) in [6.07, 6.45) is 4.72. The second-order valence-electron chi connectivity index (χ2n) is 6.67. The zero-order valence-electron chi connectivity index (χ0n) is 13.9. The maximum absolute atomic E-state index is 12.2. The molecule has 4 nitrogen and oxygen atoms in total. The van der Waals surface area contributed by atoms with E-state index in [0.29, 0.717) is 5.92 Å². The number of nitrogens with one attached hydrogen (secondary N) is 1. The second-order valence-corrected chi connectivity index (χ2v) is 6.67. The summed E-state index contributed by atoms with van der Waals surface area (Å²) in [4.78, 5) is 12.2. The second kappa shape index (κ2) is 7.63. The molecule has 0 aliphatic heterocycles. The number of benzene rings is 1. The Morgan fingerprint density at radius 1 is 1.41 bits per heavy atom. The maximum atomic E-state index is 12.2. The molecule has 2 atom stereocenters. The van der Waals surface area contributed by atoms with Gasteiger partial charge in [-0.1, -0.05) is 19.9 Å². The van der Waals surface area contributed by atoms with Gasteiger partial charge in [0, 0.05) is 6.04 Å². The van der Waals surface area contributed by atoms with Gasteiger partial charge in [0.15, 0.2) is 0 Å². The third-order valence-electron chi connectivity index (χ3n) is 4.29. The van der Waals surface area contributed by atoms with Crippen molar-refractivity contribution in [2.24, 2.45) is 11.7 Å². The normalized spacial score (nSPS) is 19.2. The largest absolute Gasteiger partial charge is 0.497 e. The summed E-state index contributed by atoms with van der Waals surface area (Å²) in [5, 5.41) is 3.14. The van der Waals surface area contributed by atoms with Crippen molar-refractivity contribution in [2.45, 2.75) is 58.0 Å². The van der Waals surface area contributed by atoms with Crippen molar-refractivity contribution in [3.05, 3.63) is 29.3 Å². The Morgan fingerprint density at radius 2 is 2.18 bits per heavy atom. The van der Waals surface area contributed by atoms with Crippen LogP contribution >= 0.6 is 0 Å². The van der Waals surface area contributed by atoms with Crippen LogP contribution in [0.15, 0.2) is 18.2 Å². The molecule has 0 radical (unpaired) electrons. The fourth-order valence-corrected chi connectivity index (χ4v) is 3.12. The van der Waals surface area contributed by atoms with Crippen molar-refractivity contribution < 1.29 is 9.53 Å². The third-order valence-corrected chi connectivity index (χ3v) is 4.29. The summed E-state index contributed by atoms with van der Waals surface area (Å²) in [6.45, 7) is 4.17. The molecule has 0 aromatic heterocycles. The third kappa shape index (κ3) is 4.47. The molecule has 2 rings (SSSR count). The number of rotatable bonds is 5. The lowest BCUT2D eigenvalue weighted by molar-refractivity contribution is -0.123. The Kier molecular flexibility index (Phi) is 5.83. The highest BCUT2D eigenvalue weighted by atomic mass is 16.5. The molecule has 0 unspecified atom stereocenters. The number of aryl methyl sites for hydroxylation is 1. The predicted octanol–water partition coefficient (Wildman–Crippen LogP) is 2.43. The average Bonchev–Trinajstić information content (AvgIpc) is 2.67. The molecular weight excluding hydrogens is 276 g/mol. The van der Waals surface area contributed by atoms with Gasteiger partial charge in [-0.15, -0.1) is 0 Å². The number of amides is 1. The highest BCUT2D eigenvalue weighted by Crippen LogP contribution is 2.25. The van der Waals surface area contributed by atoms with Crippen molar-refractivity contribution >= 4 is 5.91 Å². The minimum absolute atomic E-state index is 0.0231. The molecule has 0 saturated carbocycles. The van der Waals surface area contributed by atoms with E-state index >= 15 is 0 Å². The summed E-state index contributed by atoms with van der Waals surface area (Å²) in [7, 11) is 1.68. The molecule has 3 N–H and O–H groups in total. The molecule has 1 aliphatic carbocycles. The van der Waals surface area contributed by atoms with Crippen LogP contribution in [0.25, 0.3) is 0 Å². The summed E-state index contributed by atoms with van der Waals surface area (Å²) in [5.74, 6) is 1.28. The summed E-state index contributed by atoms with van der Waals surface area (Å²) in [6, 6.07) is 6.00. The Hall–Kier alpha value is -1.55. The van der Waals surface area contributed by atoms with Gasteiger partial charge in [-0.25, -0.2) is 0 Å². The first-order chi connectivity index (χ1) is 10.5. The molecule has 22 heavy (non-hydrogen) atoms. The minimum atomic E-state index is -0.409. The van der Waals surface area contributed by atoms with E-state index in [-0.39, 0.29) is 11.9 Å². The van der Waals surface area contributed by atoms with Crippen molar-refractivity contribution in [1.82, 2.24) is 5.32 Å². The summed E-state index contributed by atoms with van der Waals surface area (Å²) >= 11 is 0. The van der Waals surface area contributed by atoms with E-state index < -0.39 is 6.04 Å². The first-order valence-electron chi connectivity index (χ1n) is 8.21. The van der Waals surface area contributed by atoms with Gasteiger partial charge in [0.25, 0.3) is 0 Å². The topological polar surface area (TPSA) is 64.3 Å². The molecule has 1 aliphatic rings. The van der Waals surface area contributed by atoms with Gasteiger partial charge in [-0.2, -0.15) is 0 Å². The van der Waals surface area contributed by atoms with Gasteiger partial charge in [0.05, 0.1) is 13.2 Å². The van der Waals surface area contributed by atoms with Gasteiger partial charge in [-0.3, -0.25) is 4.79 Å². The zero-order chi connectivity index (χ0) is 16.1. The lowest BCUT2D eigenvalue weighted by Gasteiger charge is -2.21. The number of methoxy groups -OCH3 is 1. The van der Waals surface area contributed by atoms with Crippen LogP contribution in [-0.2, 0) is 17.6 Å². The van der Waals surface area contributed by atoms with Crippen LogP contribution in [0.5, 0.6) is 5.75 Å². The molecule has 4 heteroatoms. The van der Waals surface area contributed by atoms with E-state index in [1.165, 1.54) is 11.1 Å². The molecule has 122 valence electrons. The van der Waals surface area contributed by atoms with Gasteiger partial charge in [-0.05, 0) is 61.3 Å². The summed E-state index contributed by atoms with van der Waals surface area (Å²) in [5.41, 5.74) is 8.62. The number of nitrogens with two attached hydrogens (primary N) is 1. The Bertz CT molecular complexity index is 514. The molecule has 0 saturated heterocycles. The number of carbonyl (C=O) groups excluding carboxylic acids is 1. The highest BCUT2D eigenvalue weighted by Gasteiger charge is 2.22. The van der Waals surface area contributed by atoms with Crippen molar-refractivity contribution in [2.75, 3.05) is 7.11 Å². The van der Waals surface area contributed by atoms with Crippen LogP contribution in [0.2, 0.25) is 0 Å². The monoisotopic (exact) mass is 304 g/mol. The van der Waals surface area contributed by atoms with Gasteiger partial charge < -0.3 is 15.8 Å². The molecule has 0 spiro atoms. The van der Waals surface area contributed by atoms with Crippen LogP contribution < -0.4 is 15.8 Å². The van der Waals surface area contributed by atoms with Gasteiger partial charge >= 0.3 is 0 Å². The lowest BCUT2D eigenvalue weighted by Crippen LogP contribution is -2.46. The van der Waals surface area contributed by atoms with E-state index in [0.717, 1.165) is 37.9 Å². The van der Waals surface area contributed by atoms with Crippen LogP contribution in [-0.4, -0.2) is 25.1 Å². The Labute approximate surface area is 133 Å². The van der Waals surface area contributed by atoms with Crippen molar-refractivity contribution in [1.29, 1.82) is 0 Å². The summed E-state index contributed by atoms with van der Waals surface area (Å²) < 4.78 is 5.31. The van der Waals surface area contributed by atoms with Crippen molar-refractivity contribution in [3.8, 4) is 5.75 Å². The first-order valence-corrected chi connectivity index (χ1v) is 8.21. The van der Waals surface area contributed by atoms with Crippen LogP contribution in [0.1, 0.15) is 44.2 Å². The zero-order valence-corrected chi connectivity index (χ0v) is 13.9. The fraction of sp³-hybridized carbons (Fsp3) is 0.611. The van der Waals surface area contributed by atoms with E-state index in [1.807, 2.05) is 6.07 Å². The van der Waals surface area contributed by atoms with Gasteiger partial charge in [0.1, 0.15) is 5.75 Å². The number of ether oxygens (including phenoxy) is 1. The van der Waals surface area contributed by atoms with Crippen LogP contribution in [0.3, 0.4) is 0 Å². The molecule has 1 amide bonds. The maximum Gasteiger partial charge on any atom is 0.237 e. The SMILES string of the molecule is COc1ccc2c(c1)C[C@@H](NC(=O)[C@H](N)CC(C)C)CCC2. The predicted molar refractivity (Wildman–Crippen MR) is 89.0 cm³/mol. The number of hydrogen-bond donors (Lipinski definition) is 2. The Morgan fingerprint density at radius 3 is 2.86 bits per heavy atom. The minimum Gasteiger partial charge on any atom is -0.497 e. The van der Waals surface area contributed by atoms with E-state index in [9.17, 15) is 4.79 Å². The molecule has 1 aromatic carbocycles. The van der Waals surface area contributed by atoms with E-state index in [1.54, 1.807) is 7.11 Å². The average molecular weight is 304 g/mol. The molecule has 1 aromatic rings. The molecule has 0 heterocycles. The van der Waals surface area contributed by atoms with Crippen molar-refractivity contribution in [3.63, 3.8) is 0 Å². The fourth-order valence-electron chi connectivity index (χ4n) is 3.12. The number of fused-ring (bicyclic) bond motifs is 1. The lowest BCUT2D eigenvalue weighted by atomic mass is 10.0. The smallest absolute Gasteiger partial charge is 0.237 e. The quantitative estimate of drug-likeness (QED) is 0.821. The first kappa shape index (κ1) is 16.8. The number of hydrogen-bond acceptors (Lipinski definition) is 3. The van der Waals surface area contributed by atoms with E-state index in [2.05, 4.69) is 31.3 Å².